The monoisotopic (exact) mass is 333 g/mol. The Morgan fingerprint density at radius 2 is 2.13 bits per heavy atom. The quantitative estimate of drug-likeness (QED) is 0.848. The lowest BCUT2D eigenvalue weighted by molar-refractivity contribution is 0.0675. The number of hydrogen-bond acceptors (Lipinski definition) is 4. The highest BCUT2D eigenvalue weighted by atomic mass is 32.1. The Balaban J connectivity index is 2.05. The van der Waals surface area contributed by atoms with Crippen molar-refractivity contribution in [2.75, 3.05) is 6.54 Å². The van der Waals surface area contributed by atoms with Crippen molar-refractivity contribution in [3.05, 3.63) is 32.7 Å². The van der Waals surface area contributed by atoms with Crippen LogP contribution < -0.4 is 5.56 Å². The van der Waals surface area contributed by atoms with Gasteiger partial charge in [-0.15, -0.1) is 11.3 Å². The van der Waals surface area contributed by atoms with Crippen LogP contribution in [0.4, 0.5) is 0 Å². The number of aryl methyl sites for hydroxylation is 2. The molecule has 124 valence electrons. The average Bonchev–Trinajstić information content (AvgIpc) is 2.73. The molecule has 6 heteroatoms. The third-order valence-electron chi connectivity index (χ3n) is 4.86. The summed E-state index contributed by atoms with van der Waals surface area (Å²) in [6, 6.07) is 0.232. The summed E-state index contributed by atoms with van der Waals surface area (Å²) >= 11 is 1.48. The third kappa shape index (κ3) is 2.80. The molecule has 1 saturated heterocycles. The van der Waals surface area contributed by atoms with Crippen molar-refractivity contribution in [1.29, 1.82) is 0 Å². The van der Waals surface area contributed by atoms with Crippen LogP contribution in [0.25, 0.3) is 4.96 Å². The van der Waals surface area contributed by atoms with E-state index in [4.69, 9.17) is 0 Å². The van der Waals surface area contributed by atoms with Gasteiger partial charge >= 0.3 is 0 Å². The molecule has 23 heavy (non-hydrogen) atoms. The average molecular weight is 333 g/mol. The Bertz CT molecular complexity index is 793. The number of likely N-dealkylation sites (tertiary alicyclic amines) is 1. The molecule has 5 nitrogen and oxygen atoms in total. The van der Waals surface area contributed by atoms with Crippen molar-refractivity contribution in [2.45, 2.75) is 58.9 Å². The minimum atomic E-state index is -0.235. The van der Waals surface area contributed by atoms with Gasteiger partial charge < -0.3 is 4.90 Å². The summed E-state index contributed by atoms with van der Waals surface area (Å²) in [5.41, 5.74) is 0.838. The molecule has 1 aliphatic rings. The maximum absolute atomic E-state index is 13.0. The normalized spacial score (nSPS) is 19.1. The number of carbonyl (C=O) groups excluding carboxylic acids is 1. The summed E-state index contributed by atoms with van der Waals surface area (Å²) < 4.78 is 1.58. The maximum atomic E-state index is 13.0. The smallest absolute Gasteiger partial charge is 0.271 e. The largest absolute Gasteiger partial charge is 0.335 e. The minimum Gasteiger partial charge on any atom is -0.335 e. The van der Waals surface area contributed by atoms with Crippen LogP contribution in [0.2, 0.25) is 0 Å². The Hall–Kier alpha value is -1.69. The van der Waals surface area contributed by atoms with Gasteiger partial charge in [-0.1, -0.05) is 19.8 Å². The molecular weight excluding hydrogens is 310 g/mol. The Morgan fingerprint density at radius 3 is 2.87 bits per heavy atom. The zero-order chi connectivity index (χ0) is 16.6. The van der Waals surface area contributed by atoms with E-state index in [1.54, 1.807) is 4.40 Å². The van der Waals surface area contributed by atoms with Gasteiger partial charge in [0.1, 0.15) is 5.56 Å². The van der Waals surface area contributed by atoms with Crippen LogP contribution in [0.5, 0.6) is 0 Å². The zero-order valence-corrected chi connectivity index (χ0v) is 14.8. The van der Waals surface area contributed by atoms with E-state index in [1.807, 2.05) is 18.7 Å². The van der Waals surface area contributed by atoms with Crippen LogP contribution in [0, 0.1) is 13.8 Å². The fourth-order valence-electron chi connectivity index (χ4n) is 3.35. The van der Waals surface area contributed by atoms with Crippen LogP contribution in [0.1, 0.15) is 60.0 Å². The van der Waals surface area contributed by atoms with E-state index in [9.17, 15) is 9.59 Å². The number of amides is 1. The molecular formula is C17H23N3O2S. The molecule has 2 aromatic rings. The highest BCUT2D eigenvalue weighted by Crippen LogP contribution is 2.22. The molecule has 0 spiro atoms. The van der Waals surface area contributed by atoms with Crippen molar-refractivity contribution in [2.24, 2.45) is 0 Å². The van der Waals surface area contributed by atoms with Gasteiger partial charge in [-0.3, -0.25) is 14.0 Å². The molecule has 1 amide bonds. The number of thiazole rings is 1. The van der Waals surface area contributed by atoms with Crippen LogP contribution in [0.3, 0.4) is 0 Å². The van der Waals surface area contributed by atoms with E-state index < -0.39 is 0 Å². The molecule has 0 radical (unpaired) electrons. The second kappa shape index (κ2) is 6.43. The lowest BCUT2D eigenvalue weighted by atomic mass is 10.1. The lowest BCUT2D eigenvalue weighted by Crippen LogP contribution is -2.42. The first-order valence-electron chi connectivity index (χ1n) is 8.33. The molecule has 1 fully saturated rings. The molecule has 3 heterocycles. The van der Waals surface area contributed by atoms with E-state index in [2.05, 4.69) is 11.9 Å². The number of fused-ring (bicyclic) bond motifs is 1. The first-order chi connectivity index (χ1) is 11.0. The summed E-state index contributed by atoms with van der Waals surface area (Å²) in [6.07, 6.45) is 6.73. The number of aromatic nitrogens is 2. The SMILES string of the molecule is CC[C@@H]1CCCCCN1C(=O)c1cnc2sc(C)c(C)n2c1=O. The van der Waals surface area contributed by atoms with Crippen molar-refractivity contribution >= 4 is 22.2 Å². The first kappa shape index (κ1) is 16.2. The van der Waals surface area contributed by atoms with Crippen molar-refractivity contribution < 1.29 is 4.79 Å². The number of rotatable bonds is 2. The number of carbonyl (C=O) groups is 1. The summed E-state index contributed by atoms with van der Waals surface area (Å²) in [5.74, 6) is -0.158. The van der Waals surface area contributed by atoms with Crippen LogP contribution in [0.15, 0.2) is 11.0 Å². The first-order valence-corrected chi connectivity index (χ1v) is 9.15. The van der Waals surface area contributed by atoms with E-state index in [-0.39, 0.29) is 23.1 Å². The Morgan fingerprint density at radius 1 is 1.35 bits per heavy atom. The van der Waals surface area contributed by atoms with Crippen LogP contribution in [-0.2, 0) is 0 Å². The van der Waals surface area contributed by atoms with E-state index in [0.29, 0.717) is 4.96 Å². The lowest BCUT2D eigenvalue weighted by Gasteiger charge is -2.29. The predicted octanol–water partition coefficient (Wildman–Crippen LogP) is 3.17. The standard InChI is InChI=1S/C17H23N3O2S/c1-4-13-8-6-5-7-9-19(13)15(21)14-10-18-17-20(16(14)22)11(2)12(3)23-17/h10,13H,4-9H2,1-3H3/t13-/m1/s1. The summed E-state index contributed by atoms with van der Waals surface area (Å²) in [7, 11) is 0. The second-order valence-corrected chi connectivity index (χ2v) is 7.43. The van der Waals surface area contributed by atoms with Crippen LogP contribution >= 0.6 is 11.3 Å². The maximum Gasteiger partial charge on any atom is 0.271 e. The zero-order valence-electron chi connectivity index (χ0n) is 14.0. The highest BCUT2D eigenvalue weighted by Gasteiger charge is 2.27. The van der Waals surface area contributed by atoms with Gasteiger partial charge in [-0.2, -0.15) is 0 Å². The van der Waals surface area contributed by atoms with Crippen molar-refractivity contribution in [3.8, 4) is 0 Å². The van der Waals surface area contributed by atoms with Gasteiger partial charge in [0.2, 0.25) is 0 Å². The molecule has 0 aliphatic carbocycles. The molecule has 0 N–H and O–H groups in total. The molecule has 0 aromatic carbocycles. The summed E-state index contributed by atoms with van der Waals surface area (Å²) in [5, 5.41) is 0. The minimum absolute atomic E-state index is 0.158. The van der Waals surface area contributed by atoms with E-state index in [0.717, 1.165) is 49.2 Å². The van der Waals surface area contributed by atoms with Gasteiger partial charge in [0, 0.05) is 29.4 Å². The van der Waals surface area contributed by atoms with Gasteiger partial charge in [0.25, 0.3) is 11.5 Å². The number of nitrogens with zero attached hydrogens (tertiary/aromatic N) is 3. The van der Waals surface area contributed by atoms with Gasteiger partial charge in [-0.05, 0) is 33.1 Å². The molecule has 2 aromatic heterocycles. The van der Waals surface area contributed by atoms with E-state index >= 15 is 0 Å². The third-order valence-corrected chi connectivity index (χ3v) is 5.93. The topological polar surface area (TPSA) is 54.7 Å². The molecule has 0 saturated carbocycles. The molecule has 1 aliphatic heterocycles. The van der Waals surface area contributed by atoms with Crippen LogP contribution in [-0.4, -0.2) is 32.8 Å². The number of hydrogen-bond donors (Lipinski definition) is 0. The molecule has 0 unspecified atom stereocenters. The second-order valence-electron chi connectivity index (χ2n) is 6.25. The summed E-state index contributed by atoms with van der Waals surface area (Å²) in [6.45, 7) is 6.71. The van der Waals surface area contributed by atoms with Gasteiger partial charge in [0.05, 0.1) is 0 Å². The van der Waals surface area contributed by atoms with Crippen molar-refractivity contribution in [1.82, 2.24) is 14.3 Å². The predicted molar refractivity (Wildman–Crippen MR) is 92.4 cm³/mol. The highest BCUT2D eigenvalue weighted by molar-refractivity contribution is 7.17. The summed E-state index contributed by atoms with van der Waals surface area (Å²) in [4.78, 5) is 33.7. The molecule has 1 atom stereocenters. The van der Waals surface area contributed by atoms with E-state index in [1.165, 1.54) is 17.5 Å². The van der Waals surface area contributed by atoms with Crippen molar-refractivity contribution in [3.63, 3.8) is 0 Å². The van der Waals surface area contributed by atoms with Gasteiger partial charge in [0.15, 0.2) is 4.96 Å². The molecule has 3 rings (SSSR count). The Labute approximate surface area is 140 Å². The fraction of sp³-hybridized carbons (Fsp3) is 0.588. The Kier molecular flexibility index (Phi) is 4.53. The fourth-order valence-corrected chi connectivity index (χ4v) is 4.28. The van der Waals surface area contributed by atoms with Gasteiger partial charge in [-0.25, -0.2) is 4.98 Å². The molecule has 0 bridgehead atoms.